The molecule has 0 aliphatic carbocycles. The molecule has 1 rings (SSSR count). The van der Waals surface area contributed by atoms with E-state index in [1.165, 1.54) is 10.6 Å². The first-order valence-electron chi connectivity index (χ1n) is 8.06. The molecule has 1 aromatic carbocycles. The van der Waals surface area contributed by atoms with Gasteiger partial charge in [0.15, 0.2) is 0 Å². The monoisotopic (exact) mass is 355 g/mol. The summed E-state index contributed by atoms with van der Waals surface area (Å²) in [6.07, 6.45) is 1.96. The molecule has 6 nitrogen and oxygen atoms in total. The Morgan fingerprint density at radius 3 is 2.29 bits per heavy atom. The molecule has 136 valence electrons. The minimum absolute atomic E-state index is 0.181. The fourth-order valence-corrected chi connectivity index (χ4v) is 3.17. The maximum atomic E-state index is 12.2. The van der Waals surface area contributed by atoms with Gasteiger partial charge in [-0.1, -0.05) is 6.07 Å². The van der Waals surface area contributed by atoms with E-state index in [-0.39, 0.29) is 12.5 Å². The molecule has 0 spiro atoms. The maximum Gasteiger partial charge on any atom is 0.251 e. The number of carbonyl (C=O) groups is 1. The third-order valence-electron chi connectivity index (χ3n) is 3.90. The topological polar surface area (TPSA) is 69.7 Å². The fraction of sp³-hybridized carbons (Fsp3) is 0.588. The molecule has 0 aliphatic rings. The number of hydrogen-bond donors (Lipinski definition) is 1. The van der Waals surface area contributed by atoms with Crippen LogP contribution in [0, 0.1) is 13.8 Å². The predicted molar refractivity (Wildman–Crippen MR) is 97.8 cm³/mol. The number of aryl methyl sites for hydroxylation is 2. The summed E-state index contributed by atoms with van der Waals surface area (Å²) >= 11 is 0. The Bertz CT molecular complexity index is 657. The summed E-state index contributed by atoms with van der Waals surface area (Å²) in [6.45, 7) is 5.80. The van der Waals surface area contributed by atoms with E-state index in [0.29, 0.717) is 18.7 Å². The van der Waals surface area contributed by atoms with E-state index in [0.717, 1.165) is 24.1 Å². The average molecular weight is 356 g/mol. The van der Waals surface area contributed by atoms with Gasteiger partial charge in [-0.2, -0.15) is 0 Å². The van der Waals surface area contributed by atoms with Crippen LogP contribution in [0.4, 0.5) is 0 Å². The van der Waals surface area contributed by atoms with Crippen molar-refractivity contribution in [1.29, 1.82) is 0 Å². The molecule has 0 saturated heterocycles. The van der Waals surface area contributed by atoms with Gasteiger partial charge >= 0.3 is 0 Å². The first kappa shape index (κ1) is 20.6. The lowest BCUT2D eigenvalue weighted by Crippen LogP contribution is -2.39. The smallest absolute Gasteiger partial charge is 0.251 e. The molecule has 7 heteroatoms. The van der Waals surface area contributed by atoms with Gasteiger partial charge in [0.2, 0.25) is 10.0 Å². The molecule has 0 fully saturated rings. The van der Waals surface area contributed by atoms with Gasteiger partial charge in [0.05, 0.1) is 6.26 Å². The standard InChI is InChI=1S/C17H29N3O3S/c1-14-7-8-16(13-15(14)2)17(21)18-9-12-20(24(5,22)23)11-6-10-19(3)4/h7-8,13H,6,9-12H2,1-5H3,(H,18,21). The van der Waals surface area contributed by atoms with Crippen molar-refractivity contribution < 1.29 is 13.2 Å². The summed E-state index contributed by atoms with van der Waals surface area (Å²) in [5, 5.41) is 2.79. The lowest BCUT2D eigenvalue weighted by atomic mass is 10.1. The Balaban J connectivity index is 2.54. The van der Waals surface area contributed by atoms with Crippen molar-refractivity contribution in [3.63, 3.8) is 0 Å². The van der Waals surface area contributed by atoms with Crippen molar-refractivity contribution in [1.82, 2.24) is 14.5 Å². The van der Waals surface area contributed by atoms with Gasteiger partial charge in [-0.25, -0.2) is 12.7 Å². The van der Waals surface area contributed by atoms with E-state index >= 15 is 0 Å². The molecule has 0 aromatic heterocycles. The minimum Gasteiger partial charge on any atom is -0.351 e. The minimum atomic E-state index is -3.27. The van der Waals surface area contributed by atoms with Gasteiger partial charge in [0.25, 0.3) is 5.91 Å². The fourth-order valence-electron chi connectivity index (χ4n) is 2.29. The molecule has 1 N–H and O–H groups in total. The maximum absolute atomic E-state index is 12.2. The molecule has 0 heterocycles. The van der Waals surface area contributed by atoms with E-state index in [9.17, 15) is 13.2 Å². The normalized spacial score (nSPS) is 12.0. The van der Waals surface area contributed by atoms with Crippen molar-refractivity contribution in [3.05, 3.63) is 34.9 Å². The number of amides is 1. The van der Waals surface area contributed by atoms with Crippen LogP contribution in [0.1, 0.15) is 27.9 Å². The zero-order valence-corrected chi connectivity index (χ0v) is 16.1. The van der Waals surface area contributed by atoms with Gasteiger partial charge < -0.3 is 10.2 Å². The molecule has 1 aromatic rings. The molecule has 0 bridgehead atoms. The van der Waals surface area contributed by atoms with Crippen LogP contribution in [0.15, 0.2) is 18.2 Å². The van der Waals surface area contributed by atoms with E-state index in [1.54, 1.807) is 6.07 Å². The summed E-state index contributed by atoms with van der Waals surface area (Å²) in [5.74, 6) is -0.181. The highest BCUT2D eigenvalue weighted by Crippen LogP contribution is 2.09. The largest absolute Gasteiger partial charge is 0.351 e. The van der Waals surface area contributed by atoms with Crippen molar-refractivity contribution in [3.8, 4) is 0 Å². The van der Waals surface area contributed by atoms with Crippen LogP contribution in [0.3, 0.4) is 0 Å². The molecule has 0 atom stereocenters. The molecule has 0 aliphatic heterocycles. The lowest BCUT2D eigenvalue weighted by molar-refractivity contribution is 0.0951. The predicted octanol–water partition coefficient (Wildman–Crippen LogP) is 1.25. The highest BCUT2D eigenvalue weighted by atomic mass is 32.2. The number of rotatable bonds is 9. The molecule has 0 saturated carbocycles. The Hall–Kier alpha value is -1.44. The second-order valence-electron chi connectivity index (χ2n) is 6.37. The number of nitrogens with zero attached hydrogens (tertiary/aromatic N) is 2. The second kappa shape index (κ2) is 9.15. The number of hydrogen-bond acceptors (Lipinski definition) is 4. The number of carbonyl (C=O) groups excluding carboxylic acids is 1. The summed E-state index contributed by atoms with van der Waals surface area (Å²) < 4.78 is 25.1. The quantitative estimate of drug-likeness (QED) is 0.724. The first-order valence-corrected chi connectivity index (χ1v) is 9.91. The Kier molecular flexibility index (Phi) is 7.86. The van der Waals surface area contributed by atoms with E-state index in [4.69, 9.17) is 0 Å². The lowest BCUT2D eigenvalue weighted by Gasteiger charge is -2.21. The zero-order valence-electron chi connectivity index (χ0n) is 15.3. The number of nitrogens with one attached hydrogen (secondary N) is 1. The molecule has 24 heavy (non-hydrogen) atoms. The van der Waals surface area contributed by atoms with Crippen LogP contribution in [0.5, 0.6) is 0 Å². The van der Waals surface area contributed by atoms with Gasteiger partial charge in [0, 0.05) is 25.2 Å². The highest BCUT2D eigenvalue weighted by molar-refractivity contribution is 7.88. The third-order valence-corrected chi connectivity index (χ3v) is 5.20. The second-order valence-corrected chi connectivity index (χ2v) is 8.36. The van der Waals surface area contributed by atoms with Crippen LogP contribution in [-0.2, 0) is 10.0 Å². The summed E-state index contributed by atoms with van der Waals surface area (Å²) in [5.41, 5.74) is 2.79. The SMILES string of the molecule is Cc1ccc(C(=O)NCCN(CCCN(C)C)S(C)(=O)=O)cc1C. The number of sulfonamides is 1. The molecule has 0 unspecified atom stereocenters. The highest BCUT2D eigenvalue weighted by Gasteiger charge is 2.16. The summed E-state index contributed by atoms with van der Waals surface area (Å²) in [4.78, 5) is 14.2. The average Bonchev–Trinajstić information content (AvgIpc) is 2.46. The van der Waals surface area contributed by atoms with Crippen LogP contribution < -0.4 is 5.32 Å². The van der Waals surface area contributed by atoms with Crippen molar-refractivity contribution >= 4 is 15.9 Å². The van der Waals surface area contributed by atoms with Crippen LogP contribution >= 0.6 is 0 Å². The Labute approximate surface area is 145 Å². The van der Waals surface area contributed by atoms with Gasteiger partial charge in [-0.05, 0) is 64.2 Å². The van der Waals surface area contributed by atoms with Gasteiger partial charge in [-0.15, -0.1) is 0 Å². The van der Waals surface area contributed by atoms with Gasteiger partial charge in [0.1, 0.15) is 0 Å². The number of benzene rings is 1. The van der Waals surface area contributed by atoms with Crippen LogP contribution in [-0.4, -0.2) is 70.1 Å². The molecular weight excluding hydrogens is 326 g/mol. The van der Waals surface area contributed by atoms with Crippen LogP contribution in [0.25, 0.3) is 0 Å². The molecule has 0 radical (unpaired) electrons. The summed E-state index contributed by atoms with van der Waals surface area (Å²) in [7, 11) is 0.632. The van der Waals surface area contributed by atoms with Crippen molar-refractivity contribution in [2.75, 3.05) is 46.5 Å². The van der Waals surface area contributed by atoms with E-state index in [2.05, 4.69) is 5.32 Å². The Morgan fingerprint density at radius 2 is 1.75 bits per heavy atom. The van der Waals surface area contributed by atoms with E-state index < -0.39 is 10.0 Å². The molecule has 1 amide bonds. The molecular formula is C17H29N3O3S. The van der Waals surface area contributed by atoms with Gasteiger partial charge in [-0.3, -0.25) is 4.79 Å². The first-order chi connectivity index (χ1) is 11.1. The van der Waals surface area contributed by atoms with Crippen LogP contribution in [0.2, 0.25) is 0 Å². The van der Waals surface area contributed by atoms with Crippen molar-refractivity contribution in [2.24, 2.45) is 0 Å². The Morgan fingerprint density at radius 1 is 1.08 bits per heavy atom. The van der Waals surface area contributed by atoms with Crippen molar-refractivity contribution in [2.45, 2.75) is 20.3 Å². The zero-order chi connectivity index (χ0) is 18.3. The summed E-state index contributed by atoms with van der Waals surface area (Å²) in [6, 6.07) is 5.54. The third kappa shape index (κ3) is 6.98. The van der Waals surface area contributed by atoms with E-state index in [1.807, 2.05) is 45.0 Å².